The second-order valence-corrected chi connectivity index (χ2v) is 3.55. The Balaban J connectivity index is 2.66. The lowest BCUT2D eigenvalue weighted by atomic mass is 10.1. The van der Waals surface area contributed by atoms with Crippen molar-refractivity contribution in [3.63, 3.8) is 0 Å². The predicted octanol–water partition coefficient (Wildman–Crippen LogP) is 1.98. The Kier molecular flexibility index (Phi) is 2.32. The van der Waals surface area contributed by atoms with Crippen molar-refractivity contribution in [2.45, 2.75) is 13.8 Å². The first-order valence-electron chi connectivity index (χ1n) is 4.31. The second kappa shape index (κ2) is 3.51. The SMILES string of the molecule is Cc1nnc(Cl)c(-c2cc(N)on2)c1C. The number of aromatic nitrogens is 3. The maximum Gasteiger partial charge on any atom is 0.222 e. The third-order valence-corrected chi connectivity index (χ3v) is 2.46. The number of nitrogens with two attached hydrogens (primary N) is 1. The molecule has 6 heteroatoms. The lowest BCUT2D eigenvalue weighted by Crippen LogP contribution is -1.96. The molecule has 2 aromatic heterocycles. The van der Waals surface area contributed by atoms with E-state index < -0.39 is 0 Å². The molecule has 2 heterocycles. The smallest absolute Gasteiger partial charge is 0.222 e. The minimum absolute atomic E-state index is 0.245. The number of hydrogen-bond acceptors (Lipinski definition) is 5. The molecule has 15 heavy (non-hydrogen) atoms. The van der Waals surface area contributed by atoms with Gasteiger partial charge in [-0.2, -0.15) is 5.10 Å². The normalized spacial score (nSPS) is 10.6. The van der Waals surface area contributed by atoms with Gasteiger partial charge in [-0.25, -0.2) is 0 Å². The van der Waals surface area contributed by atoms with Crippen molar-refractivity contribution in [2.75, 3.05) is 5.73 Å². The van der Waals surface area contributed by atoms with Crippen LogP contribution in [0.4, 0.5) is 5.88 Å². The van der Waals surface area contributed by atoms with E-state index in [1.54, 1.807) is 6.07 Å². The zero-order chi connectivity index (χ0) is 11.0. The average Bonchev–Trinajstić information content (AvgIpc) is 2.59. The fraction of sp³-hybridized carbons (Fsp3) is 0.222. The molecular formula is C9H9ClN4O. The van der Waals surface area contributed by atoms with Crippen LogP contribution in [0.2, 0.25) is 5.15 Å². The van der Waals surface area contributed by atoms with Crippen LogP contribution >= 0.6 is 11.6 Å². The van der Waals surface area contributed by atoms with Crippen LogP contribution in [0.1, 0.15) is 11.3 Å². The summed E-state index contributed by atoms with van der Waals surface area (Å²) in [6, 6.07) is 1.61. The van der Waals surface area contributed by atoms with Crippen LogP contribution in [0.5, 0.6) is 0 Å². The molecule has 0 atom stereocenters. The third-order valence-electron chi connectivity index (χ3n) is 2.20. The summed E-state index contributed by atoms with van der Waals surface area (Å²) >= 11 is 5.95. The van der Waals surface area contributed by atoms with Crippen LogP contribution in [0.15, 0.2) is 10.6 Å². The van der Waals surface area contributed by atoms with Crippen LogP contribution in [-0.4, -0.2) is 15.4 Å². The van der Waals surface area contributed by atoms with Crippen molar-refractivity contribution in [2.24, 2.45) is 0 Å². The molecule has 0 radical (unpaired) electrons. The Bertz CT molecular complexity index is 509. The summed E-state index contributed by atoms with van der Waals surface area (Å²) in [7, 11) is 0. The second-order valence-electron chi connectivity index (χ2n) is 3.19. The van der Waals surface area contributed by atoms with E-state index >= 15 is 0 Å². The van der Waals surface area contributed by atoms with E-state index in [0.29, 0.717) is 16.4 Å². The summed E-state index contributed by atoms with van der Waals surface area (Å²) < 4.78 is 4.79. The zero-order valence-corrected chi connectivity index (χ0v) is 9.04. The van der Waals surface area contributed by atoms with Gasteiger partial charge in [0.05, 0.1) is 5.69 Å². The number of rotatable bonds is 1. The number of halogens is 1. The Morgan fingerprint density at radius 1 is 1.33 bits per heavy atom. The molecular weight excluding hydrogens is 216 g/mol. The summed E-state index contributed by atoms with van der Waals surface area (Å²) in [5.41, 5.74) is 8.46. The molecule has 2 aromatic rings. The molecule has 5 nitrogen and oxygen atoms in total. The fourth-order valence-corrected chi connectivity index (χ4v) is 1.56. The Morgan fingerprint density at radius 3 is 2.67 bits per heavy atom. The largest absolute Gasteiger partial charge is 0.368 e. The predicted molar refractivity (Wildman–Crippen MR) is 56.4 cm³/mol. The molecule has 0 saturated heterocycles. The van der Waals surface area contributed by atoms with Gasteiger partial charge in [0.15, 0.2) is 5.15 Å². The molecule has 0 saturated carbocycles. The molecule has 0 spiro atoms. The molecule has 0 unspecified atom stereocenters. The number of nitrogen functional groups attached to an aromatic ring is 1. The van der Waals surface area contributed by atoms with Crippen molar-refractivity contribution < 1.29 is 4.52 Å². The van der Waals surface area contributed by atoms with E-state index in [9.17, 15) is 0 Å². The molecule has 2 N–H and O–H groups in total. The first kappa shape index (κ1) is 9.92. The molecule has 0 fully saturated rings. The van der Waals surface area contributed by atoms with Gasteiger partial charge in [0.2, 0.25) is 5.88 Å². The van der Waals surface area contributed by atoms with Crippen molar-refractivity contribution >= 4 is 17.5 Å². The molecule has 0 amide bonds. The number of aryl methyl sites for hydroxylation is 1. The first-order chi connectivity index (χ1) is 7.09. The van der Waals surface area contributed by atoms with E-state index in [1.165, 1.54) is 0 Å². The lowest BCUT2D eigenvalue weighted by Gasteiger charge is -2.04. The highest BCUT2D eigenvalue weighted by Gasteiger charge is 2.15. The summed E-state index contributed by atoms with van der Waals surface area (Å²) in [4.78, 5) is 0. The van der Waals surface area contributed by atoms with Gasteiger partial charge in [0.25, 0.3) is 0 Å². The van der Waals surface area contributed by atoms with Crippen LogP contribution < -0.4 is 5.73 Å². The van der Waals surface area contributed by atoms with Crippen molar-refractivity contribution in [3.05, 3.63) is 22.5 Å². The van der Waals surface area contributed by atoms with E-state index in [1.807, 2.05) is 13.8 Å². The Hall–Kier alpha value is -1.62. The van der Waals surface area contributed by atoms with Gasteiger partial charge in [0, 0.05) is 11.6 Å². The number of nitrogens with zero attached hydrogens (tertiary/aromatic N) is 3. The molecule has 2 rings (SSSR count). The maximum absolute atomic E-state index is 5.95. The van der Waals surface area contributed by atoms with Gasteiger partial charge in [-0.3, -0.25) is 0 Å². The number of anilines is 1. The zero-order valence-electron chi connectivity index (χ0n) is 8.28. The average molecular weight is 225 g/mol. The molecule has 0 aliphatic carbocycles. The molecule has 0 aliphatic heterocycles. The third kappa shape index (κ3) is 1.66. The van der Waals surface area contributed by atoms with Crippen molar-refractivity contribution in [1.82, 2.24) is 15.4 Å². The molecule has 0 aromatic carbocycles. The van der Waals surface area contributed by atoms with Crippen LogP contribution in [-0.2, 0) is 0 Å². The Morgan fingerprint density at radius 2 is 2.07 bits per heavy atom. The van der Waals surface area contributed by atoms with E-state index in [4.69, 9.17) is 21.9 Å². The van der Waals surface area contributed by atoms with Gasteiger partial charge in [-0.1, -0.05) is 16.8 Å². The minimum Gasteiger partial charge on any atom is -0.368 e. The van der Waals surface area contributed by atoms with Crippen LogP contribution in [0.3, 0.4) is 0 Å². The maximum atomic E-state index is 5.95. The quantitative estimate of drug-likeness (QED) is 0.802. The summed E-state index contributed by atoms with van der Waals surface area (Å²) in [6.45, 7) is 3.75. The van der Waals surface area contributed by atoms with Crippen LogP contribution in [0, 0.1) is 13.8 Å². The monoisotopic (exact) mass is 224 g/mol. The van der Waals surface area contributed by atoms with E-state index in [0.717, 1.165) is 11.3 Å². The Labute approximate surface area is 91.2 Å². The highest BCUT2D eigenvalue weighted by Crippen LogP contribution is 2.30. The topological polar surface area (TPSA) is 77.8 Å². The molecule has 0 bridgehead atoms. The van der Waals surface area contributed by atoms with E-state index in [2.05, 4.69) is 15.4 Å². The van der Waals surface area contributed by atoms with E-state index in [-0.39, 0.29) is 5.88 Å². The van der Waals surface area contributed by atoms with Gasteiger partial charge in [0.1, 0.15) is 5.69 Å². The van der Waals surface area contributed by atoms with Crippen molar-refractivity contribution in [1.29, 1.82) is 0 Å². The first-order valence-corrected chi connectivity index (χ1v) is 4.69. The summed E-state index contributed by atoms with van der Waals surface area (Å²) in [6.07, 6.45) is 0. The van der Waals surface area contributed by atoms with Crippen molar-refractivity contribution in [3.8, 4) is 11.3 Å². The molecule has 78 valence electrons. The lowest BCUT2D eigenvalue weighted by molar-refractivity contribution is 0.439. The summed E-state index contributed by atoms with van der Waals surface area (Å²) in [5, 5.41) is 11.8. The standard InChI is InChI=1S/C9H9ClN4O/c1-4-5(2)12-13-9(10)8(4)6-3-7(11)15-14-6/h3H,11H2,1-2H3. The summed E-state index contributed by atoms with van der Waals surface area (Å²) in [5.74, 6) is 0.245. The highest BCUT2D eigenvalue weighted by atomic mass is 35.5. The number of hydrogen-bond donors (Lipinski definition) is 1. The van der Waals surface area contributed by atoms with Gasteiger partial charge < -0.3 is 10.3 Å². The van der Waals surface area contributed by atoms with Gasteiger partial charge in [-0.15, -0.1) is 5.10 Å². The van der Waals surface area contributed by atoms with Gasteiger partial charge in [-0.05, 0) is 19.4 Å². The van der Waals surface area contributed by atoms with Gasteiger partial charge >= 0.3 is 0 Å². The highest BCUT2D eigenvalue weighted by molar-refractivity contribution is 6.32. The van der Waals surface area contributed by atoms with Crippen LogP contribution in [0.25, 0.3) is 11.3 Å². The minimum atomic E-state index is 0.245. The molecule has 0 aliphatic rings. The fourth-order valence-electron chi connectivity index (χ4n) is 1.28.